The predicted octanol–water partition coefficient (Wildman–Crippen LogP) is 7.52. The van der Waals surface area contributed by atoms with E-state index in [0.29, 0.717) is 41.7 Å². The van der Waals surface area contributed by atoms with Gasteiger partial charge in [-0.3, -0.25) is 14.4 Å². The van der Waals surface area contributed by atoms with Crippen LogP contribution in [-0.2, 0) is 21.0 Å². The minimum absolute atomic E-state index is 0.310. The zero-order valence-electron chi connectivity index (χ0n) is 29.3. The largest absolute Gasteiger partial charge is 0.490 e. The van der Waals surface area contributed by atoms with Crippen molar-refractivity contribution in [2.75, 3.05) is 17.2 Å². The van der Waals surface area contributed by atoms with E-state index < -0.39 is 41.0 Å². The van der Waals surface area contributed by atoms with Gasteiger partial charge in [0.2, 0.25) is 11.8 Å². The maximum Gasteiger partial charge on any atom is 0.235 e. The number of nitrogens with one attached hydrogen (secondary N) is 2. The van der Waals surface area contributed by atoms with Gasteiger partial charge in [0.15, 0.2) is 11.5 Å². The molecule has 1 aliphatic rings. The van der Waals surface area contributed by atoms with Crippen LogP contribution in [0.5, 0.6) is 11.5 Å². The quantitative estimate of drug-likeness (QED) is 0.151. The number of hydrogen-bond donors (Lipinski definition) is 3. The standard InChI is InChI=1S/C41H46N2O6/c1-8-48-35-21-29(19-20-34(35)49-23-30-16-10-9-13-26(30)4)36-37(39(45)42-31-17-11-14-24(2)27(31)5)33(44)22-41(7,47)38(36)40(46)43-32-18-12-15-25(3)28(32)6/h9-21,36-38,47H,8,22-23H2,1-7H3,(H,42,45)(H,43,46). The molecule has 1 fully saturated rings. The van der Waals surface area contributed by atoms with Crippen molar-refractivity contribution in [2.45, 2.75) is 73.0 Å². The molecule has 1 aliphatic carbocycles. The predicted molar refractivity (Wildman–Crippen MR) is 192 cm³/mol. The first-order chi connectivity index (χ1) is 23.3. The Labute approximate surface area is 288 Å². The molecular formula is C41H46N2O6. The first-order valence-electron chi connectivity index (χ1n) is 16.8. The van der Waals surface area contributed by atoms with Crippen LogP contribution < -0.4 is 20.1 Å². The van der Waals surface area contributed by atoms with E-state index in [1.54, 1.807) is 30.3 Å². The van der Waals surface area contributed by atoms with Crippen molar-refractivity contribution in [1.82, 2.24) is 0 Å². The molecule has 0 spiro atoms. The molecule has 0 aromatic heterocycles. The number of carbonyl (C=O) groups excluding carboxylic acids is 3. The molecule has 4 unspecified atom stereocenters. The van der Waals surface area contributed by atoms with Crippen molar-refractivity contribution in [1.29, 1.82) is 0 Å². The number of aryl methyl sites for hydroxylation is 3. The molecular weight excluding hydrogens is 616 g/mol. The van der Waals surface area contributed by atoms with Gasteiger partial charge >= 0.3 is 0 Å². The fraction of sp³-hybridized carbons (Fsp3) is 0.341. The first-order valence-corrected chi connectivity index (χ1v) is 16.8. The average molecular weight is 663 g/mol. The Morgan fingerprint density at radius 2 is 1.37 bits per heavy atom. The second-order valence-electron chi connectivity index (χ2n) is 13.3. The van der Waals surface area contributed by atoms with Crippen molar-refractivity contribution in [3.8, 4) is 11.5 Å². The Balaban J connectivity index is 1.60. The van der Waals surface area contributed by atoms with Crippen LogP contribution >= 0.6 is 0 Å². The van der Waals surface area contributed by atoms with E-state index >= 15 is 0 Å². The smallest absolute Gasteiger partial charge is 0.235 e. The van der Waals surface area contributed by atoms with Crippen molar-refractivity contribution in [3.63, 3.8) is 0 Å². The van der Waals surface area contributed by atoms with Crippen LogP contribution in [0.25, 0.3) is 0 Å². The van der Waals surface area contributed by atoms with E-state index in [0.717, 1.165) is 33.4 Å². The molecule has 0 bridgehead atoms. The number of benzene rings is 4. The molecule has 5 rings (SSSR count). The van der Waals surface area contributed by atoms with E-state index in [1.165, 1.54) is 6.92 Å². The summed E-state index contributed by atoms with van der Waals surface area (Å²) in [6.45, 7) is 13.7. The summed E-state index contributed by atoms with van der Waals surface area (Å²) in [6.07, 6.45) is -0.366. The van der Waals surface area contributed by atoms with E-state index in [2.05, 4.69) is 10.6 Å². The van der Waals surface area contributed by atoms with Gasteiger partial charge in [0, 0.05) is 23.7 Å². The highest BCUT2D eigenvalue weighted by Crippen LogP contribution is 2.48. The number of aliphatic hydroxyl groups is 1. The number of rotatable bonds is 10. The summed E-state index contributed by atoms with van der Waals surface area (Å²) in [5, 5.41) is 17.9. The molecule has 2 amide bonds. The lowest BCUT2D eigenvalue weighted by Gasteiger charge is -2.44. The zero-order chi connectivity index (χ0) is 35.5. The summed E-state index contributed by atoms with van der Waals surface area (Å²) in [4.78, 5) is 42.6. The first kappa shape index (κ1) is 35.4. The maximum absolute atomic E-state index is 14.4. The second kappa shape index (κ2) is 14.7. The highest BCUT2D eigenvalue weighted by atomic mass is 16.5. The molecule has 49 heavy (non-hydrogen) atoms. The monoisotopic (exact) mass is 662 g/mol. The van der Waals surface area contributed by atoms with Crippen LogP contribution in [0.1, 0.15) is 65.1 Å². The average Bonchev–Trinajstić information content (AvgIpc) is 3.04. The number of hydrogen-bond acceptors (Lipinski definition) is 6. The van der Waals surface area contributed by atoms with Gasteiger partial charge in [-0.2, -0.15) is 0 Å². The van der Waals surface area contributed by atoms with E-state index in [1.807, 2.05) is 90.1 Å². The molecule has 1 saturated carbocycles. The molecule has 4 aromatic rings. The third-order valence-corrected chi connectivity index (χ3v) is 9.85. The Morgan fingerprint density at radius 1 is 0.776 bits per heavy atom. The van der Waals surface area contributed by atoms with E-state index in [4.69, 9.17) is 9.47 Å². The zero-order valence-corrected chi connectivity index (χ0v) is 29.3. The summed E-state index contributed by atoms with van der Waals surface area (Å²) >= 11 is 0. The SMILES string of the molecule is CCOc1cc(C2C(C(=O)Nc3cccc(C)c3C)C(=O)CC(C)(O)C2C(=O)Nc2cccc(C)c2C)ccc1OCc1ccccc1C. The molecule has 8 heteroatoms. The molecule has 256 valence electrons. The highest BCUT2D eigenvalue weighted by Gasteiger charge is 2.56. The molecule has 4 atom stereocenters. The minimum Gasteiger partial charge on any atom is -0.490 e. The minimum atomic E-state index is -1.76. The van der Waals surface area contributed by atoms with Gasteiger partial charge in [-0.1, -0.05) is 54.6 Å². The van der Waals surface area contributed by atoms with Crippen LogP contribution in [0.3, 0.4) is 0 Å². The molecule has 3 N–H and O–H groups in total. The van der Waals surface area contributed by atoms with Crippen LogP contribution in [0.15, 0.2) is 78.9 Å². The number of Topliss-reactive ketones (excluding diaryl/α,β-unsaturated/α-hetero) is 1. The number of carbonyl (C=O) groups is 3. The number of anilines is 2. The van der Waals surface area contributed by atoms with Gasteiger partial charge in [-0.05, 0) is 112 Å². The fourth-order valence-corrected chi connectivity index (χ4v) is 6.73. The van der Waals surface area contributed by atoms with Crippen molar-refractivity contribution >= 4 is 29.0 Å². The van der Waals surface area contributed by atoms with Gasteiger partial charge in [-0.25, -0.2) is 0 Å². The van der Waals surface area contributed by atoms with Crippen LogP contribution in [0.2, 0.25) is 0 Å². The molecule has 8 nitrogen and oxygen atoms in total. The van der Waals surface area contributed by atoms with E-state index in [-0.39, 0.29) is 6.42 Å². The van der Waals surface area contributed by atoms with Crippen LogP contribution in [-0.4, -0.2) is 34.9 Å². The third kappa shape index (κ3) is 7.55. The Kier molecular flexibility index (Phi) is 10.6. The second-order valence-corrected chi connectivity index (χ2v) is 13.3. The van der Waals surface area contributed by atoms with Crippen molar-refractivity contribution in [3.05, 3.63) is 118 Å². The molecule has 0 aliphatic heterocycles. The van der Waals surface area contributed by atoms with Crippen molar-refractivity contribution in [2.24, 2.45) is 11.8 Å². The summed E-state index contributed by atoms with van der Waals surface area (Å²) < 4.78 is 12.2. The fourth-order valence-electron chi connectivity index (χ4n) is 6.73. The Hall–Kier alpha value is -4.95. The number of amides is 2. The van der Waals surface area contributed by atoms with Crippen LogP contribution in [0, 0.1) is 46.5 Å². The van der Waals surface area contributed by atoms with Gasteiger partial charge < -0.3 is 25.2 Å². The van der Waals surface area contributed by atoms with Gasteiger partial charge in [0.1, 0.15) is 18.3 Å². The van der Waals surface area contributed by atoms with Gasteiger partial charge in [0.25, 0.3) is 0 Å². The molecule has 4 aromatic carbocycles. The molecule has 0 heterocycles. The van der Waals surface area contributed by atoms with Gasteiger partial charge in [0.05, 0.1) is 18.1 Å². The van der Waals surface area contributed by atoms with Crippen LogP contribution in [0.4, 0.5) is 11.4 Å². The van der Waals surface area contributed by atoms with E-state index in [9.17, 15) is 19.5 Å². The third-order valence-electron chi connectivity index (χ3n) is 9.85. The number of ketones is 1. The summed E-state index contributed by atoms with van der Waals surface area (Å²) in [5.41, 5.74) is 5.78. The van der Waals surface area contributed by atoms with Crippen molar-refractivity contribution < 1.29 is 29.0 Å². The maximum atomic E-state index is 14.4. The lowest BCUT2D eigenvalue weighted by molar-refractivity contribution is -0.150. The Morgan fingerprint density at radius 3 is 1.98 bits per heavy atom. The van der Waals surface area contributed by atoms with Gasteiger partial charge in [-0.15, -0.1) is 0 Å². The number of ether oxygens (including phenoxy) is 2. The highest BCUT2D eigenvalue weighted by molar-refractivity contribution is 6.10. The Bertz CT molecular complexity index is 1880. The molecule has 0 saturated heterocycles. The normalized spacial score (nSPS) is 20.4. The summed E-state index contributed by atoms with van der Waals surface area (Å²) in [7, 11) is 0. The summed E-state index contributed by atoms with van der Waals surface area (Å²) in [6, 6.07) is 24.4. The molecule has 0 radical (unpaired) electrons. The lowest BCUT2D eigenvalue weighted by Crippen LogP contribution is -2.56. The summed E-state index contributed by atoms with van der Waals surface area (Å²) in [5.74, 6) is -4.07. The topological polar surface area (TPSA) is 114 Å². The lowest BCUT2D eigenvalue weighted by atomic mass is 9.61.